The zero-order valence-electron chi connectivity index (χ0n) is 15.3. The van der Waals surface area contributed by atoms with E-state index in [0.717, 1.165) is 16.3 Å². The molecule has 28 heavy (non-hydrogen) atoms. The molecule has 0 saturated heterocycles. The third kappa shape index (κ3) is 3.72. The average Bonchev–Trinajstić information content (AvgIpc) is 3.34. The van der Waals surface area contributed by atoms with Crippen LogP contribution in [-0.4, -0.2) is 31.8 Å². The fraction of sp³-hybridized carbons (Fsp3) is 0.200. The van der Waals surface area contributed by atoms with Crippen LogP contribution in [0, 0.1) is 6.92 Å². The van der Waals surface area contributed by atoms with Crippen molar-refractivity contribution in [3.05, 3.63) is 70.2 Å². The molecule has 7 nitrogen and oxygen atoms in total. The summed E-state index contributed by atoms with van der Waals surface area (Å²) in [5.74, 6) is -0.234. The van der Waals surface area contributed by atoms with E-state index in [1.807, 2.05) is 41.3 Å². The standard InChI is InChI=1S/C20H19N5O2S/c1-14-11-17(18-7-4-10-28-18)23-25(14)9-8-21-19(26)12-24-13-22-16-6-3-2-5-15(16)20(24)27/h2-7,10-11,13H,8-9,12H2,1H3,(H,21,26). The highest BCUT2D eigenvalue weighted by Crippen LogP contribution is 2.23. The second kappa shape index (κ2) is 7.77. The number of amides is 1. The van der Waals surface area contributed by atoms with Gasteiger partial charge in [0.2, 0.25) is 5.91 Å². The molecule has 4 aromatic rings. The third-order valence-electron chi connectivity index (χ3n) is 4.45. The number of nitrogens with one attached hydrogen (secondary N) is 1. The second-order valence-corrected chi connectivity index (χ2v) is 7.36. The van der Waals surface area contributed by atoms with E-state index in [1.54, 1.807) is 29.5 Å². The Kier molecular flexibility index (Phi) is 5.03. The maximum Gasteiger partial charge on any atom is 0.261 e. The summed E-state index contributed by atoms with van der Waals surface area (Å²) in [7, 11) is 0. The van der Waals surface area contributed by atoms with Gasteiger partial charge in [-0.25, -0.2) is 4.98 Å². The Labute approximate surface area is 165 Å². The largest absolute Gasteiger partial charge is 0.353 e. The smallest absolute Gasteiger partial charge is 0.261 e. The van der Waals surface area contributed by atoms with Crippen molar-refractivity contribution >= 4 is 28.1 Å². The number of rotatable bonds is 6. The fourth-order valence-corrected chi connectivity index (χ4v) is 3.69. The normalized spacial score (nSPS) is 11.0. The van der Waals surface area contributed by atoms with Gasteiger partial charge in [0.05, 0.1) is 28.7 Å². The number of para-hydroxylation sites is 1. The van der Waals surface area contributed by atoms with Crippen LogP contribution in [0.3, 0.4) is 0 Å². The molecule has 0 bridgehead atoms. The fourth-order valence-electron chi connectivity index (χ4n) is 3.01. The van der Waals surface area contributed by atoms with E-state index in [-0.39, 0.29) is 18.0 Å². The quantitative estimate of drug-likeness (QED) is 0.546. The van der Waals surface area contributed by atoms with Crippen molar-refractivity contribution in [3.63, 3.8) is 0 Å². The molecule has 0 radical (unpaired) electrons. The van der Waals surface area contributed by atoms with Crippen LogP contribution in [0.5, 0.6) is 0 Å². The van der Waals surface area contributed by atoms with Gasteiger partial charge >= 0.3 is 0 Å². The zero-order valence-corrected chi connectivity index (χ0v) is 16.1. The zero-order chi connectivity index (χ0) is 19.5. The van der Waals surface area contributed by atoms with Crippen LogP contribution in [0.25, 0.3) is 21.5 Å². The molecule has 0 saturated carbocycles. The first-order chi connectivity index (χ1) is 13.6. The van der Waals surface area contributed by atoms with Crippen LogP contribution in [0.1, 0.15) is 5.69 Å². The van der Waals surface area contributed by atoms with Crippen molar-refractivity contribution in [1.29, 1.82) is 0 Å². The predicted molar refractivity (Wildman–Crippen MR) is 109 cm³/mol. The van der Waals surface area contributed by atoms with Crippen molar-refractivity contribution < 1.29 is 4.79 Å². The minimum atomic E-state index is -0.234. The van der Waals surface area contributed by atoms with Crippen molar-refractivity contribution in [3.8, 4) is 10.6 Å². The molecule has 0 unspecified atom stereocenters. The summed E-state index contributed by atoms with van der Waals surface area (Å²) >= 11 is 1.65. The molecule has 0 aliphatic carbocycles. The highest BCUT2D eigenvalue weighted by atomic mass is 32.1. The lowest BCUT2D eigenvalue weighted by molar-refractivity contribution is -0.121. The Morgan fingerprint density at radius 3 is 2.89 bits per heavy atom. The van der Waals surface area contributed by atoms with E-state index < -0.39 is 0 Å². The molecule has 0 atom stereocenters. The molecule has 1 N–H and O–H groups in total. The van der Waals surface area contributed by atoms with E-state index in [9.17, 15) is 9.59 Å². The lowest BCUT2D eigenvalue weighted by Crippen LogP contribution is -2.34. The molecular weight excluding hydrogens is 374 g/mol. The van der Waals surface area contributed by atoms with Crippen LogP contribution in [0.4, 0.5) is 0 Å². The van der Waals surface area contributed by atoms with Gasteiger partial charge in [0.15, 0.2) is 0 Å². The number of carbonyl (C=O) groups excluding carboxylic acids is 1. The SMILES string of the molecule is Cc1cc(-c2cccs2)nn1CCNC(=O)Cn1cnc2ccccc2c1=O. The number of hydrogen-bond donors (Lipinski definition) is 1. The maximum atomic E-state index is 12.4. The number of thiophene rings is 1. The molecule has 0 fully saturated rings. The van der Waals surface area contributed by atoms with Crippen LogP contribution in [-0.2, 0) is 17.9 Å². The minimum Gasteiger partial charge on any atom is -0.353 e. The highest BCUT2D eigenvalue weighted by molar-refractivity contribution is 7.13. The van der Waals surface area contributed by atoms with Gasteiger partial charge in [0, 0.05) is 12.2 Å². The molecule has 8 heteroatoms. The molecule has 3 aromatic heterocycles. The molecule has 3 heterocycles. The Hall–Kier alpha value is -3.26. The lowest BCUT2D eigenvalue weighted by atomic mass is 10.2. The van der Waals surface area contributed by atoms with Crippen molar-refractivity contribution in [2.24, 2.45) is 0 Å². The minimum absolute atomic E-state index is 0.0603. The Balaban J connectivity index is 1.37. The topological polar surface area (TPSA) is 81.8 Å². The summed E-state index contributed by atoms with van der Waals surface area (Å²) in [6.07, 6.45) is 1.41. The van der Waals surface area contributed by atoms with E-state index >= 15 is 0 Å². The van der Waals surface area contributed by atoms with Crippen molar-refractivity contribution in [2.75, 3.05) is 6.54 Å². The molecule has 142 valence electrons. The van der Waals surface area contributed by atoms with Gasteiger partial charge < -0.3 is 5.32 Å². The van der Waals surface area contributed by atoms with Crippen LogP contribution < -0.4 is 10.9 Å². The van der Waals surface area contributed by atoms with Crippen LogP contribution in [0.15, 0.2) is 59.0 Å². The molecule has 0 aliphatic rings. The molecule has 1 amide bonds. The summed E-state index contributed by atoms with van der Waals surface area (Å²) in [4.78, 5) is 30.0. The molecule has 1 aromatic carbocycles. The van der Waals surface area contributed by atoms with Gasteiger partial charge in [0.1, 0.15) is 12.2 Å². The molecular formula is C20H19N5O2S. The third-order valence-corrected chi connectivity index (χ3v) is 5.34. The predicted octanol–water partition coefficient (Wildman–Crippen LogP) is 2.45. The number of aryl methyl sites for hydroxylation is 1. The summed E-state index contributed by atoms with van der Waals surface area (Å²) in [5.41, 5.74) is 2.38. The number of fused-ring (bicyclic) bond motifs is 1. The van der Waals surface area contributed by atoms with Gasteiger partial charge in [-0.1, -0.05) is 18.2 Å². The summed E-state index contributed by atoms with van der Waals surface area (Å²) in [6, 6.07) is 13.2. The first kappa shape index (κ1) is 18.1. The Bertz CT molecular complexity index is 1180. The van der Waals surface area contributed by atoms with Gasteiger partial charge in [-0.2, -0.15) is 5.10 Å². The summed E-state index contributed by atoms with van der Waals surface area (Å²) in [5, 5.41) is 9.96. The van der Waals surface area contributed by atoms with E-state index in [0.29, 0.717) is 24.0 Å². The monoisotopic (exact) mass is 393 g/mol. The van der Waals surface area contributed by atoms with Crippen LogP contribution >= 0.6 is 11.3 Å². The Morgan fingerprint density at radius 1 is 1.21 bits per heavy atom. The number of aromatic nitrogens is 4. The van der Waals surface area contributed by atoms with Crippen molar-refractivity contribution in [1.82, 2.24) is 24.6 Å². The molecule has 4 rings (SSSR count). The molecule has 0 aliphatic heterocycles. The summed E-state index contributed by atoms with van der Waals surface area (Å²) < 4.78 is 3.20. The lowest BCUT2D eigenvalue weighted by Gasteiger charge is -2.09. The van der Waals surface area contributed by atoms with E-state index in [4.69, 9.17) is 0 Å². The van der Waals surface area contributed by atoms with Gasteiger partial charge in [0.25, 0.3) is 5.56 Å². The maximum absolute atomic E-state index is 12.4. The number of hydrogen-bond acceptors (Lipinski definition) is 5. The highest BCUT2D eigenvalue weighted by Gasteiger charge is 2.10. The van der Waals surface area contributed by atoms with Crippen molar-refractivity contribution in [2.45, 2.75) is 20.0 Å². The number of nitrogens with zero attached hydrogens (tertiary/aromatic N) is 4. The number of benzene rings is 1. The molecule has 0 spiro atoms. The number of carbonyl (C=O) groups is 1. The van der Waals surface area contributed by atoms with E-state index in [2.05, 4.69) is 15.4 Å². The Morgan fingerprint density at radius 2 is 2.07 bits per heavy atom. The first-order valence-corrected chi connectivity index (χ1v) is 9.79. The van der Waals surface area contributed by atoms with Gasteiger partial charge in [-0.05, 0) is 36.6 Å². The average molecular weight is 393 g/mol. The van der Waals surface area contributed by atoms with Crippen LogP contribution in [0.2, 0.25) is 0 Å². The second-order valence-electron chi connectivity index (χ2n) is 6.42. The van der Waals surface area contributed by atoms with Gasteiger partial charge in [-0.15, -0.1) is 11.3 Å². The van der Waals surface area contributed by atoms with Gasteiger partial charge in [-0.3, -0.25) is 18.8 Å². The van der Waals surface area contributed by atoms with E-state index in [1.165, 1.54) is 10.9 Å². The summed E-state index contributed by atoms with van der Waals surface area (Å²) in [6.45, 7) is 2.93. The first-order valence-electron chi connectivity index (χ1n) is 8.91.